The number of nitrogens with two attached hydrogens (primary N) is 1. The molecule has 1 aliphatic rings. The van der Waals surface area contributed by atoms with Crippen LogP contribution in [0.15, 0.2) is 30.5 Å². The molecule has 1 saturated heterocycles. The summed E-state index contributed by atoms with van der Waals surface area (Å²) in [5, 5.41) is 2.44. The van der Waals surface area contributed by atoms with Crippen molar-refractivity contribution in [2.75, 3.05) is 18.2 Å². The van der Waals surface area contributed by atoms with Crippen molar-refractivity contribution in [3.8, 4) is 5.75 Å². The molecule has 0 bridgehead atoms. The molecule has 0 radical (unpaired) electrons. The van der Waals surface area contributed by atoms with Crippen molar-refractivity contribution < 1.29 is 36.2 Å². The number of anilines is 2. The van der Waals surface area contributed by atoms with Crippen LogP contribution in [0.5, 0.6) is 5.75 Å². The van der Waals surface area contributed by atoms with Crippen molar-refractivity contribution in [1.82, 2.24) is 4.98 Å². The Morgan fingerprint density at radius 3 is 2.55 bits per heavy atom. The van der Waals surface area contributed by atoms with Gasteiger partial charge in [-0.2, -0.15) is 17.6 Å². The molecule has 31 heavy (non-hydrogen) atoms. The van der Waals surface area contributed by atoms with Crippen LogP contribution in [0.25, 0.3) is 0 Å². The molecule has 1 amide bonds. The third kappa shape index (κ3) is 3.89. The number of methoxy groups -OCH3 is 1. The lowest BCUT2D eigenvalue weighted by Gasteiger charge is -2.32. The topological polar surface area (TPSA) is 86.5 Å². The van der Waals surface area contributed by atoms with Gasteiger partial charge in [0.1, 0.15) is 11.9 Å². The minimum atomic E-state index is -4.84. The van der Waals surface area contributed by atoms with Gasteiger partial charge in [-0.05, 0) is 19.1 Å². The molecule has 0 aliphatic carbocycles. The number of carbonyl (C=O) groups excluding carboxylic acids is 1. The fraction of sp³-hybridized carbons (Fsp3) is 0.400. The first-order valence-electron chi connectivity index (χ1n) is 9.19. The molecule has 1 fully saturated rings. The molecule has 3 N–H and O–H groups in total. The van der Waals surface area contributed by atoms with Gasteiger partial charge >= 0.3 is 6.18 Å². The molecule has 11 heteroatoms. The summed E-state index contributed by atoms with van der Waals surface area (Å²) < 4.78 is 79.8. The predicted octanol–water partition coefficient (Wildman–Crippen LogP) is 4.03. The van der Waals surface area contributed by atoms with Gasteiger partial charge in [0.05, 0.1) is 7.11 Å². The van der Waals surface area contributed by atoms with Crippen molar-refractivity contribution in [3.05, 3.63) is 47.7 Å². The van der Waals surface area contributed by atoms with E-state index in [-0.39, 0.29) is 17.1 Å². The van der Waals surface area contributed by atoms with Gasteiger partial charge in [0.25, 0.3) is 5.91 Å². The molecule has 1 aliphatic heterocycles. The van der Waals surface area contributed by atoms with Gasteiger partial charge in [-0.1, -0.05) is 13.0 Å². The second kappa shape index (κ2) is 7.95. The Balaban J connectivity index is 2.09. The average Bonchev–Trinajstić information content (AvgIpc) is 2.96. The summed E-state index contributed by atoms with van der Waals surface area (Å²) in [6.07, 6.45) is -5.22. The molecule has 6 nitrogen and oxygen atoms in total. The number of hydrogen-bond donors (Lipinski definition) is 2. The average molecular weight is 445 g/mol. The number of rotatable bonds is 4. The quantitative estimate of drug-likeness (QED) is 0.694. The number of halogens is 5. The Bertz CT molecular complexity index is 1000. The van der Waals surface area contributed by atoms with Crippen LogP contribution in [0.1, 0.15) is 25.3 Å². The third-order valence-corrected chi connectivity index (χ3v) is 5.62. The van der Waals surface area contributed by atoms with Gasteiger partial charge in [0.2, 0.25) is 5.82 Å². The number of alkyl halides is 3. The zero-order valence-electron chi connectivity index (χ0n) is 16.8. The summed E-state index contributed by atoms with van der Waals surface area (Å²) in [5.41, 5.74) is 2.90. The SMILES string of the molecule is COc1c([C@H]2[C@H](C(=O)Nc3ccnc(N)c3)O[C@@](C)(C(F)(F)F)[C@H]2C)ccc(F)c1F. The number of nitrogen functional groups attached to an aromatic ring is 1. The number of hydrogen-bond acceptors (Lipinski definition) is 5. The normalized spacial score (nSPS) is 26.0. The lowest BCUT2D eigenvalue weighted by atomic mass is 9.77. The summed E-state index contributed by atoms with van der Waals surface area (Å²) in [6.45, 7) is 2.05. The van der Waals surface area contributed by atoms with Crippen molar-refractivity contribution in [1.29, 1.82) is 0 Å². The van der Waals surface area contributed by atoms with Crippen LogP contribution in [-0.4, -0.2) is 35.9 Å². The van der Waals surface area contributed by atoms with E-state index in [0.717, 1.165) is 26.2 Å². The molecule has 3 rings (SSSR count). The number of nitrogens with zero attached hydrogens (tertiary/aromatic N) is 1. The summed E-state index contributed by atoms with van der Waals surface area (Å²) in [7, 11) is 1.06. The van der Waals surface area contributed by atoms with E-state index in [1.807, 2.05) is 0 Å². The van der Waals surface area contributed by atoms with Gasteiger partial charge in [-0.25, -0.2) is 9.37 Å². The number of nitrogens with one attached hydrogen (secondary N) is 1. The summed E-state index contributed by atoms with van der Waals surface area (Å²) >= 11 is 0. The van der Waals surface area contributed by atoms with Crippen LogP contribution in [0.4, 0.5) is 33.5 Å². The van der Waals surface area contributed by atoms with Crippen LogP contribution in [-0.2, 0) is 9.53 Å². The van der Waals surface area contributed by atoms with Gasteiger partial charge in [-0.3, -0.25) is 4.79 Å². The molecule has 168 valence electrons. The summed E-state index contributed by atoms with van der Waals surface area (Å²) in [4.78, 5) is 16.7. The summed E-state index contributed by atoms with van der Waals surface area (Å²) in [6, 6.07) is 4.56. The molecular weight excluding hydrogens is 425 g/mol. The van der Waals surface area contributed by atoms with Crippen molar-refractivity contribution >= 4 is 17.4 Å². The number of benzene rings is 1. The Morgan fingerprint density at radius 1 is 1.29 bits per heavy atom. The monoisotopic (exact) mass is 445 g/mol. The number of amides is 1. The maximum absolute atomic E-state index is 14.3. The van der Waals surface area contributed by atoms with Gasteiger partial charge in [0.15, 0.2) is 17.2 Å². The van der Waals surface area contributed by atoms with E-state index >= 15 is 0 Å². The van der Waals surface area contributed by atoms with Crippen molar-refractivity contribution in [2.45, 2.75) is 37.6 Å². The van der Waals surface area contributed by atoms with E-state index in [4.69, 9.17) is 15.2 Å². The van der Waals surface area contributed by atoms with E-state index in [1.54, 1.807) is 0 Å². The van der Waals surface area contributed by atoms with E-state index in [9.17, 15) is 26.7 Å². The minimum Gasteiger partial charge on any atom is -0.493 e. The highest BCUT2D eigenvalue weighted by molar-refractivity contribution is 5.95. The maximum Gasteiger partial charge on any atom is 0.417 e. The maximum atomic E-state index is 14.3. The fourth-order valence-electron chi connectivity index (χ4n) is 3.78. The molecule has 2 heterocycles. The van der Waals surface area contributed by atoms with E-state index < -0.39 is 53.0 Å². The second-order valence-corrected chi connectivity index (χ2v) is 7.40. The first-order chi connectivity index (χ1) is 14.4. The predicted molar refractivity (Wildman–Crippen MR) is 101 cm³/mol. The van der Waals surface area contributed by atoms with Crippen LogP contribution >= 0.6 is 0 Å². The summed E-state index contributed by atoms with van der Waals surface area (Å²) in [5.74, 6) is -6.66. The van der Waals surface area contributed by atoms with Crippen molar-refractivity contribution in [2.24, 2.45) is 5.92 Å². The number of carbonyl (C=O) groups is 1. The lowest BCUT2D eigenvalue weighted by Crippen LogP contribution is -2.47. The number of pyridine rings is 1. The molecular formula is C20H20F5N3O3. The Hall–Kier alpha value is -2.95. The molecule has 0 spiro atoms. The largest absolute Gasteiger partial charge is 0.493 e. The Morgan fingerprint density at radius 2 is 1.97 bits per heavy atom. The van der Waals surface area contributed by atoms with Gasteiger partial charge < -0.3 is 20.5 Å². The molecule has 1 aromatic carbocycles. The Labute approximate surface area is 174 Å². The molecule has 4 atom stereocenters. The Kier molecular flexibility index (Phi) is 5.83. The van der Waals surface area contributed by atoms with E-state index in [2.05, 4.69) is 10.3 Å². The molecule has 0 unspecified atom stereocenters. The van der Waals surface area contributed by atoms with E-state index in [1.165, 1.54) is 25.3 Å². The van der Waals surface area contributed by atoms with Gasteiger partial charge in [-0.15, -0.1) is 0 Å². The van der Waals surface area contributed by atoms with Crippen LogP contribution in [0.3, 0.4) is 0 Å². The zero-order chi connectivity index (χ0) is 23.1. The first kappa shape index (κ1) is 22.7. The molecule has 1 aromatic heterocycles. The second-order valence-electron chi connectivity index (χ2n) is 7.40. The fourth-order valence-corrected chi connectivity index (χ4v) is 3.78. The number of aromatic nitrogens is 1. The highest BCUT2D eigenvalue weighted by Gasteiger charge is 2.65. The van der Waals surface area contributed by atoms with Crippen molar-refractivity contribution in [3.63, 3.8) is 0 Å². The molecule has 2 aromatic rings. The zero-order valence-corrected chi connectivity index (χ0v) is 16.8. The molecule has 0 saturated carbocycles. The lowest BCUT2D eigenvalue weighted by molar-refractivity contribution is -0.272. The van der Waals surface area contributed by atoms with Crippen LogP contribution in [0.2, 0.25) is 0 Å². The minimum absolute atomic E-state index is 0.0810. The van der Waals surface area contributed by atoms with Crippen LogP contribution < -0.4 is 15.8 Å². The smallest absolute Gasteiger partial charge is 0.417 e. The first-order valence-corrected chi connectivity index (χ1v) is 9.19. The van der Waals surface area contributed by atoms with Gasteiger partial charge in [0, 0.05) is 35.3 Å². The highest BCUT2D eigenvalue weighted by Crippen LogP contribution is 2.54. The van der Waals surface area contributed by atoms with Crippen LogP contribution in [0, 0.1) is 17.6 Å². The standard InChI is InChI=1S/C20H20F5N3O3/c1-9-14(11-4-5-12(21)15(22)16(11)30-3)17(31-19(9,2)20(23,24)25)18(29)28-10-6-7-27-13(26)8-10/h4-9,14,17H,1-3H3,(H3,26,27,28,29)/t9-,14-,17+,19+/m0/s1. The third-order valence-electron chi connectivity index (χ3n) is 5.62. The number of ether oxygens (including phenoxy) is 2. The highest BCUT2D eigenvalue weighted by atomic mass is 19.4. The van der Waals surface area contributed by atoms with E-state index in [0.29, 0.717) is 0 Å².